The molecular formula is C23H20Cl2F3N5O2S. The number of alkyl halides is 3. The molecule has 13 heteroatoms. The van der Waals surface area contributed by atoms with E-state index in [4.69, 9.17) is 23.2 Å². The lowest BCUT2D eigenvalue weighted by Crippen LogP contribution is -2.28. The Bertz CT molecular complexity index is 1280. The smallest absolute Gasteiger partial charge is 0.342 e. The summed E-state index contributed by atoms with van der Waals surface area (Å²) in [7, 11) is 0. The van der Waals surface area contributed by atoms with Crippen LogP contribution in [0.1, 0.15) is 34.7 Å². The number of halogens is 5. The molecule has 0 bridgehead atoms. The third kappa shape index (κ3) is 7.02. The zero-order valence-corrected chi connectivity index (χ0v) is 21.1. The lowest BCUT2D eigenvalue weighted by molar-refractivity contribution is -0.137. The summed E-state index contributed by atoms with van der Waals surface area (Å²) in [5.41, 5.74) is -0.703. The molecule has 0 fully saturated rings. The molecule has 1 heterocycles. The van der Waals surface area contributed by atoms with Gasteiger partial charge >= 0.3 is 6.18 Å². The molecule has 2 amide bonds. The lowest BCUT2D eigenvalue weighted by Gasteiger charge is -2.15. The van der Waals surface area contributed by atoms with Crippen molar-refractivity contribution in [3.8, 4) is 0 Å². The van der Waals surface area contributed by atoms with Gasteiger partial charge in [0.25, 0.3) is 5.91 Å². The summed E-state index contributed by atoms with van der Waals surface area (Å²) in [5, 5.41) is 14.2. The van der Waals surface area contributed by atoms with Crippen LogP contribution < -0.4 is 10.6 Å². The van der Waals surface area contributed by atoms with Crippen molar-refractivity contribution < 1.29 is 22.8 Å². The lowest BCUT2D eigenvalue weighted by atomic mass is 10.2. The molecule has 7 nitrogen and oxygen atoms in total. The summed E-state index contributed by atoms with van der Waals surface area (Å²) in [6.45, 7) is 5.73. The van der Waals surface area contributed by atoms with Gasteiger partial charge in [0.2, 0.25) is 5.91 Å². The number of benzene rings is 2. The number of thioether (sulfide) groups is 1. The Morgan fingerprint density at radius 1 is 1.19 bits per heavy atom. The van der Waals surface area contributed by atoms with Gasteiger partial charge < -0.3 is 15.2 Å². The molecule has 3 rings (SSSR count). The van der Waals surface area contributed by atoms with Gasteiger partial charge in [-0.1, -0.05) is 47.1 Å². The maximum Gasteiger partial charge on any atom is 0.416 e. The first-order valence-corrected chi connectivity index (χ1v) is 12.1. The van der Waals surface area contributed by atoms with Gasteiger partial charge in [-0.05, 0) is 43.3 Å². The summed E-state index contributed by atoms with van der Waals surface area (Å²) >= 11 is 12.9. The van der Waals surface area contributed by atoms with E-state index in [1.54, 1.807) is 35.8 Å². The van der Waals surface area contributed by atoms with E-state index in [2.05, 4.69) is 27.4 Å². The first-order chi connectivity index (χ1) is 17.0. The Morgan fingerprint density at radius 2 is 1.94 bits per heavy atom. The number of anilines is 1. The van der Waals surface area contributed by atoms with Crippen LogP contribution in [0.4, 0.5) is 18.9 Å². The van der Waals surface area contributed by atoms with Crippen molar-refractivity contribution in [2.24, 2.45) is 0 Å². The van der Waals surface area contributed by atoms with E-state index in [1.807, 2.05) is 0 Å². The number of hydrogen-bond acceptors (Lipinski definition) is 5. The Morgan fingerprint density at radius 3 is 2.61 bits per heavy atom. The topological polar surface area (TPSA) is 88.9 Å². The van der Waals surface area contributed by atoms with E-state index >= 15 is 0 Å². The molecular weight excluding hydrogens is 538 g/mol. The fourth-order valence-electron chi connectivity index (χ4n) is 3.12. The molecule has 1 atom stereocenters. The zero-order valence-electron chi connectivity index (χ0n) is 18.8. The number of carbonyl (C=O) groups is 2. The molecule has 0 saturated carbocycles. The van der Waals surface area contributed by atoms with Gasteiger partial charge in [0.05, 0.1) is 28.1 Å². The van der Waals surface area contributed by atoms with Crippen molar-refractivity contribution in [2.75, 3.05) is 11.1 Å². The molecule has 0 aliphatic heterocycles. The minimum absolute atomic E-state index is 0.0252. The number of nitrogens with zero attached hydrogens (tertiary/aromatic N) is 3. The Hall–Kier alpha value is -3.02. The number of nitrogens with one attached hydrogen (secondary N) is 2. The third-order valence-corrected chi connectivity index (χ3v) is 6.31. The quantitative estimate of drug-likeness (QED) is 0.248. The van der Waals surface area contributed by atoms with Crippen LogP contribution in [0.25, 0.3) is 0 Å². The van der Waals surface area contributed by atoms with E-state index < -0.39 is 23.7 Å². The molecule has 0 aliphatic rings. The summed E-state index contributed by atoms with van der Waals surface area (Å²) < 4.78 is 40.6. The fourth-order valence-corrected chi connectivity index (χ4v) is 4.23. The third-order valence-electron chi connectivity index (χ3n) is 4.78. The number of rotatable bonds is 9. The van der Waals surface area contributed by atoms with Gasteiger partial charge in [-0.25, -0.2) is 0 Å². The van der Waals surface area contributed by atoms with Crippen LogP contribution in [0.5, 0.6) is 0 Å². The maximum atomic E-state index is 13.0. The predicted octanol–water partition coefficient (Wildman–Crippen LogP) is 6.01. The second kappa shape index (κ2) is 11.8. The minimum Gasteiger partial charge on any atom is -0.342 e. The van der Waals surface area contributed by atoms with Crippen molar-refractivity contribution in [3.63, 3.8) is 0 Å². The minimum atomic E-state index is -4.57. The Labute approximate surface area is 219 Å². The molecule has 0 radical (unpaired) electrons. The van der Waals surface area contributed by atoms with Gasteiger partial charge in [0.1, 0.15) is 0 Å². The van der Waals surface area contributed by atoms with E-state index in [1.165, 1.54) is 6.07 Å². The van der Waals surface area contributed by atoms with Crippen LogP contribution in [-0.2, 0) is 17.5 Å². The highest BCUT2D eigenvalue weighted by Gasteiger charge is 2.31. The highest BCUT2D eigenvalue weighted by Crippen LogP contribution is 2.34. The van der Waals surface area contributed by atoms with E-state index in [0.717, 1.165) is 30.0 Å². The molecule has 36 heavy (non-hydrogen) atoms. The Kier molecular flexibility index (Phi) is 9.04. The standard InChI is InChI=1S/C23H20Cl2F3N5O2S/c1-3-9-33-20(13(2)29-21(35)14-5-4-6-16(24)10-14)31-32-22(33)36-12-19(34)30-18-11-15(23(26,27)28)7-8-17(18)25/h3-8,10-11,13H,1,9,12H2,2H3,(H,29,35)(H,30,34)/t13-/m1/s1. The summed E-state index contributed by atoms with van der Waals surface area (Å²) in [6, 6.07) is 8.60. The van der Waals surface area contributed by atoms with E-state index in [0.29, 0.717) is 28.1 Å². The Balaban J connectivity index is 1.69. The van der Waals surface area contributed by atoms with E-state index in [9.17, 15) is 22.8 Å². The fraction of sp³-hybridized carbons (Fsp3) is 0.217. The first kappa shape index (κ1) is 27.6. The molecule has 0 unspecified atom stereocenters. The molecule has 3 aromatic rings. The van der Waals surface area contributed by atoms with Crippen molar-refractivity contribution in [3.05, 3.63) is 82.1 Å². The van der Waals surface area contributed by atoms with Crippen LogP contribution in [0.3, 0.4) is 0 Å². The van der Waals surface area contributed by atoms with Crippen molar-refractivity contribution in [1.29, 1.82) is 0 Å². The number of aromatic nitrogens is 3. The predicted molar refractivity (Wildman–Crippen MR) is 133 cm³/mol. The van der Waals surface area contributed by atoms with Crippen LogP contribution in [0, 0.1) is 0 Å². The van der Waals surface area contributed by atoms with Crippen LogP contribution in [-0.4, -0.2) is 32.3 Å². The maximum absolute atomic E-state index is 13.0. The van der Waals surface area contributed by atoms with Gasteiger partial charge in [0.15, 0.2) is 11.0 Å². The second-order valence-electron chi connectivity index (χ2n) is 7.47. The largest absolute Gasteiger partial charge is 0.416 e. The average molecular weight is 558 g/mol. The SMILES string of the molecule is C=CCn1c(SCC(=O)Nc2cc(C(F)(F)F)ccc2Cl)nnc1[C@@H](C)NC(=O)c1cccc(Cl)c1. The second-order valence-corrected chi connectivity index (χ2v) is 9.26. The number of amides is 2. The molecule has 2 N–H and O–H groups in total. The monoisotopic (exact) mass is 557 g/mol. The number of hydrogen-bond donors (Lipinski definition) is 2. The van der Waals surface area contributed by atoms with E-state index in [-0.39, 0.29) is 22.4 Å². The molecule has 0 aliphatic carbocycles. The van der Waals surface area contributed by atoms with Crippen LogP contribution >= 0.6 is 35.0 Å². The summed E-state index contributed by atoms with van der Waals surface area (Å²) in [4.78, 5) is 25.0. The van der Waals surface area contributed by atoms with Crippen LogP contribution in [0.15, 0.2) is 60.3 Å². The molecule has 0 saturated heterocycles. The highest BCUT2D eigenvalue weighted by molar-refractivity contribution is 7.99. The zero-order chi connectivity index (χ0) is 26.5. The molecule has 2 aromatic carbocycles. The van der Waals surface area contributed by atoms with Crippen LogP contribution in [0.2, 0.25) is 10.0 Å². The van der Waals surface area contributed by atoms with Gasteiger partial charge in [-0.3, -0.25) is 9.59 Å². The van der Waals surface area contributed by atoms with Crippen molar-refractivity contribution in [1.82, 2.24) is 20.1 Å². The molecule has 1 aromatic heterocycles. The summed E-state index contributed by atoms with van der Waals surface area (Å²) in [5.74, 6) is -0.692. The molecule has 190 valence electrons. The first-order valence-electron chi connectivity index (χ1n) is 10.4. The normalized spacial score (nSPS) is 12.2. The van der Waals surface area contributed by atoms with Crippen molar-refractivity contribution in [2.45, 2.75) is 30.8 Å². The highest BCUT2D eigenvalue weighted by atomic mass is 35.5. The number of allylic oxidation sites excluding steroid dienone is 1. The van der Waals surface area contributed by atoms with Crippen molar-refractivity contribution >= 4 is 52.5 Å². The van der Waals surface area contributed by atoms with Gasteiger partial charge in [0, 0.05) is 17.1 Å². The van der Waals surface area contributed by atoms with Gasteiger partial charge in [-0.2, -0.15) is 13.2 Å². The molecule has 0 spiro atoms. The van der Waals surface area contributed by atoms with Gasteiger partial charge in [-0.15, -0.1) is 16.8 Å². The average Bonchev–Trinajstić information content (AvgIpc) is 3.21. The summed E-state index contributed by atoms with van der Waals surface area (Å²) in [6.07, 6.45) is -2.97. The number of carbonyl (C=O) groups excluding carboxylic acids is 2.